The molecule has 1 amide bonds. The fourth-order valence-electron chi connectivity index (χ4n) is 2.52. The number of amides is 1. The van der Waals surface area contributed by atoms with Crippen LogP contribution in [0.1, 0.15) is 28.8 Å². The maximum atomic E-state index is 12.7. The molecule has 21 heavy (non-hydrogen) atoms. The lowest BCUT2D eigenvalue weighted by atomic mass is 10.1. The Hall–Kier alpha value is -2.27. The minimum Gasteiger partial charge on any atom is -0.452 e. The van der Waals surface area contributed by atoms with Crippen molar-refractivity contribution in [3.63, 3.8) is 0 Å². The summed E-state index contributed by atoms with van der Waals surface area (Å²) in [5.74, 6) is -0.222. The second-order valence-electron chi connectivity index (χ2n) is 4.73. The quantitative estimate of drug-likeness (QED) is 0.647. The van der Waals surface area contributed by atoms with E-state index >= 15 is 0 Å². The van der Waals surface area contributed by atoms with E-state index in [1.165, 1.54) is 6.26 Å². The maximum Gasteiger partial charge on any atom is 0.263 e. The van der Waals surface area contributed by atoms with Crippen LogP contribution in [0.15, 0.2) is 46.2 Å². The first kappa shape index (κ1) is 13.7. The van der Waals surface area contributed by atoms with E-state index in [9.17, 15) is 4.79 Å². The van der Waals surface area contributed by atoms with Gasteiger partial charge in [-0.15, -0.1) is 0 Å². The van der Waals surface area contributed by atoms with Gasteiger partial charge in [-0.25, -0.2) is 0 Å². The highest BCUT2D eigenvalue weighted by Crippen LogP contribution is 2.29. The number of hydrogen-bond donors (Lipinski definition) is 1. The molecule has 0 spiro atoms. The van der Waals surface area contributed by atoms with Crippen molar-refractivity contribution in [1.82, 2.24) is 0 Å². The maximum absolute atomic E-state index is 12.7. The number of fused-ring (bicyclic) bond motifs is 1. The average Bonchev–Trinajstić information content (AvgIpc) is 2.84. The van der Waals surface area contributed by atoms with E-state index < -0.39 is 0 Å². The van der Waals surface area contributed by atoms with E-state index in [1.807, 2.05) is 24.3 Å². The fourth-order valence-corrected chi connectivity index (χ4v) is 2.71. The van der Waals surface area contributed by atoms with Crippen molar-refractivity contribution < 1.29 is 14.4 Å². The molecule has 0 fully saturated rings. The molecule has 0 aliphatic carbocycles. The van der Waals surface area contributed by atoms with Gasteiger partial charge in [0, 0.05) is 12.1 Å². The van der Waals surface area contributed by atoms with Gasteiger partial charge in [0.1, 0.15) is 0 Å². The van der Waals surface area contributed by atoms with Crippen LogP contribution in [0.4, 0.5) is 5.69 Å². The van der Waals surface area contributed by atoms with Gasteiger partial charge in [0.15, 0.2) is 0 Å². The van der Waals surface area contributed by atoms with Crippen molar-refractivity contribution in [3.05, 3.63) is 52.9 Å². The van der Waals surface area contributed by atoms with Crippen molar-refractivity contribution in [2.24, 2.45) is 5.16 Å². The van der Waals surface area contributed by atoms with E-state index in [2.05, 4.69) is 5.16 Å². The molecule has 6 heteroatoms. The lowest BCUT2D eigenvalue weighted by Crippen LogP contribution is -2.31. The number of benzene rings is 1. The van der Waals surface area contributed by atoms with Crippen LogP contribution in [0.2, 0.25) is 5.22 Å². The molecule has 1 aromatic heterocycles. The average molecular weight is 305 g/mol. The third kappa shape index (κ3) is 2.40. The summed E-state index contributed by atoms with van der Waals surface area (Å²) in [4.78, 5) is 14.3. The number of hydrogen-bond acceptors (Lipinski definition) is 4. The second-order valence-corrected chi connectivity index (χ2v) is 5.08. The van der Waals surface area contributed by atoms with Gasteiger partial charge in [-0.05, 0) is 36.6 Å². The fraction of sp³-hybridized carbons (Fsp3) is 0.200. The minimum absolute atomic E-state index is 0.0813. The molecule has 0 saturated heterocycles. The Labute approximate surface area is 126 Å². The summed E-state index contributed by atoms with van der Waals surface area (Å²) in [7, 11) is 0. The van der Waals surface area contributed by atoms with Crippen molar-refractivity contribution in [2.45, 2.75) is 12.8 Å². The van der Waals surface area contributed by atoms with Crippen LogP contribution in [0.25, 0.3) is 0 Å². The topological polar surface area (TPSA) is 66.0 Å². The predicted octanol–water partition coefficient (Wildman–Crippen LogP) is 3.55. The summed E-state index contributed by atoms with van der Waals surface area (Å²) in [6.45, 7) is 0.524. The molecular weight excluding hydrogens is 292 g/mol. The molecule has 0 saturated carbocycles. The lowest BCUT2D eigenvalue weighted by molar-refractivity contribution is 0.0986. The Morgan fingerprint density at radius 3 is 2.86 bits per heavy atom. The highest BCUT2D eigenvalue weighted by Gasteiger charge is 2.27. The Morgan fingerprint density at radius 1 is 1.33 bits per heavy atom. The Kier molecular flexibility index (Phi) is 3.66. The van der Waals surface area contributed by atoms with Gasteiger partial charge in [-0.2, -0.15) is 0 Å². The molecule has 3 rings (SSSR count). The number of furan rings is 1. The summed E-state index contributed by atoms with van der Waals surface area (Å²) in [6.07, 6.45) is 2.70. The first-order valence-electron chi connectivity index (χ1n) is 6.57. The molecule has 108 valence electrons. The third-order valence-corrected chi connectivity index (χ3v) is 3.81. The predicted molar refractivity (Wildman–Crippen MR) is 79.4 cm³/mol. The Morgan fingerprint density at radius 2 is 2.14 bits per heavy atom. The molecule has 2 aromatic rings. The van der Waals surface area contributed by atoms with Gasteiger partial charge in [0.05, 0.1) is 23.2 Å². The third-order valence-electron chi connectivity index (χ3n) is 3.52. The molecule has 5 nitrogen and oxygen atoms in total. The summed E-state index contributed by atoms with van der Waals surface area (Å²) >= 11 is 5.90. The number of halogens is 1. The monoisotopic (exact) mass is 304 g/mol. The zero-order valence-electron chi connectivity index (χ0n) is 11.1. The van der Waals surface area contributed by atoms with E-state index in [1.54, 1.807) is 11.0 Å². The van der Waals surface area contributed by atoms with Crippen LogP contribution in [-0.2, 0) is 0 Å². The molecule has 0 radical (unpaired) electrons. The van der Waals surface area contributed by atoms with Crippen LogP contribution in [0.5, 0.6) is 0 Å². The van der Waals surface area contributed by atoms with Crippen LogP contribution >= 0.6 is 11.6 Å². The molecule has 1 aliphatic rings. The lowest BCUT2D eigenvalue weighted by Gasteiger charge is -2.22. The largest absolute Gasteiger partial charge is 0.452 e. The van der Waals surface area contributed by atoms with Crippen LogP contribution < -0.4 is 4.90 Å². The highest BCUT2D eigenvalue weighted by atomic mass is 35.5. The molecule has 1 N–H and O–H groups in total. The normalized spacial score (nSPS) is 16.6. The number of oxime groups is 1. The van der Waals surface area contributed by atoms with E-state index in [4.69, 9.17) is 21.2 Å². The first-order chi connectivity index (χ1) is 10.2. The van der Waals surface area contributed by atoms with Gasteiger partial charge in [0.25, 0.3) is 5.91 Å². The number of carbonyl (C=O) groups excluding carboxylic acids is 1. The van der Waals surface area contributed by atoms with Crippen molar-refractivity contribution in [3.8, 4) is 0 Å². The summed E-state index contributed by atoms with van der Waals surface area (Å²) in [6, 6.07) is 8.92. The highest BCUT2D eigenvalue weighted by molar-refractivity contribution is 6.33. The molecule has 0 bridgehead atoms. The van der Waals surface area contributed by atoms with E-state index in [0.717, 1.165) is 5.56 Å². The number of para-hydroxylation sites is 1. The number of nitrogens with zero attached hydrogens (tertiary/aromatic N) is 2. The SMILES string of the molecule is O=C(c1ccoc1Cl)N1CCC/C(=N/O)c2ccccc21. The smallest absolute Gasteiger partial charge is 0.263 e. The van der Waals surface area contributed by atoms with Crippen LogP contribution in [0.3, 0.4) is 0 Å². The molecular formula is C15H13ClN2O3. The number of carbonyl (C=O) groups is 1. The van der Waals surface area contributed by atoms with Crippen LogP contribution in [-0.4, -0.2) is 23.4 Å². The summed E-state index contributed by atoms with van der Waals surface area (Å²) in [5.41, 5.74) is 2.38. The van der Waals surface area contributed by atoms with Crippen molar-refractivity contribution in [2.75, 3.05) is 11.4 Å². The first-order valence-corrected chi connectivity index (χ1v) is 6.95. The number of rotatable bonds is 1. The zero-order chi connectivity index (χ0) is 14.8. The Bertz CT molecular complexity index is 708. The molecule has 0 atom stereocenters. The van der Waals surface area contributed by atoms with E-state index in [-0.39, 0.29) is 11.1 Å². The van der Waals surface area contributed by atoms with Gasteiger partial charge in [0.2, 0.25) is 5.22 Å². The summed E-state index contributed by atoms with van der Waals surface area (Å²) in [5, 5.41) is 12.6. The van der Waals surface area contributed by atoms with E-state index in [0.29, 0.717) is 36.3 Å². The van der Waals surface area contributed by atoms with Gasteiger partial charge >= 0.3 is 0 Å². The van der Waals surface area contributed by atoms with Crippen molar-refractivity contribution in [1.29, 1.82) is 0 Å². The molecule has 2 heterocycles. The Balaban J connectivity index is 2.07. The molecule has 1 aromatic carbocycles. The van der Waals surface area contributed by atoms with Gasteiger partial charge in [-0.1, -0.05) is 23.4 Å². The van der Waals surface area contributed by atoms with Gasteiger partial charge < -0.3 is 14.5 Å². The number of anilines is 1. The zero-order valence-corrected chi connectivity index (χ0v) is 11.9. The molecule has 1 aliphatic heterocycles. The van der Waals surface area contributed by atoms with Gasteiger partial charge in [-0.3, -0.25) is 4.79 Å². The van der Waals surface area contributed by atoms with Crippen molar-refractivity contribution >= 4 is 28.9 Å². The van der Waals surface area contributed by atoms with Crippen LogP contribution in [0, 0.1) is 0 Å². The molecule has 0 unspecified atom stereocenters. The standard InChI is InChI=1S/C15H13ClN2O3/c16-14-11(7-9-21-14)15(19)18-8-3-5-12(17-20)10-4-1-2-6-13(10)18/h1-2,4,6-7,9,20H,3,5,8H2/b17-12-. The minimum atomic E-state index is -0.222. The second kappa shape index (κ2) is 5.61. The summed E-state index contributed by atoms with van der Waals surface area (Å²) < 4.78 is 4.99.